The van der Waals surface area contributed by atoms with E-state index in [-0.39, 0.29) is 0 Å². The van der Waals surface area contributed by atoms with E-state index in [2.05, 4.69) is 25.0 Å². The standard InChI is InChI=1S/C14H19ClN2O/c1-4-6-18-9-17-13-8-11(5-2)7-12(15)14(13)10(3)16-17/h7-8H,4-6,9H2,1-3H3. The Kier molecular flexibility index (Phi) is 4.25. The number of nitrogens with zero attached hydrogens (tertiary/aromatic N) is 2. The first-order valence-corrected chi connectivity index (χ1v) is 6.78. The Morgan fingerprint density at radius 2 is 2.11 bits per heavy atom. The molecule has 1 aromatic carbocycles. The molecule has 0 radical (unpaired) electrons. The molecule has 0 fully saturated rings. The van der Waals surface area contributed by atoms with E-state index in [0.29, 0.717) is 6.73 Å². The van der Waals surface area contributed by atoms with Crippen molar-refractivity contribution in [2.24, 2.45) is 0 Å². The molecular formula is C14H19ClN2O. The Morgan fingerprint density at radius 3 is 2.78 bits per heavy atom. The number of hydrogen-bond acceptors (Lipinski definition) is 2. The fourth-order valence-electron chi connectivity index (χ4n) is 2.09. The Bertz CT molecular complexity index is 548. The van der Waals surface area contributed by atoms with Gasteiger partial charge in [0.25, 0.3) is 0 Å². The fourth-order valence-corrected chi connectivity index (χ4v) is 2.46. The summed E-state index contributed by atoms with van der Waals surface area (Å²) in [5.41, 5.74) is 3.25. The summed E-state index contributed by atoms with van der Waals surface area (Å²) in [6.07, 6.45) is 1.98. The summed E-state index contributed by atoms with van der Waals surface area (Å²) in [7, 11) is 0. The quantitative estimate of drug-likeness (QED) is 0.767. The molecule has 3 nitrogen and oxygen atoms in total. The second-order valence-electron chi connectivity index (χ2n) is 4.45. The molecule has 0 aliphatic carbocycles. The summed E-state index contributed by atoms with van der Waals surface area (Å²) in [5, 5.41) is 6.32. The highest BCUT2D eigenvalue weighted by Crippen LogP contribution is 2.28. The van der Waals surface area contributed by atoms with Crippen molar-refractivity contribution < 1.29 is 4.74 Å². The molecule has 0 atom stereocenters. The summed E-state index contributed by atoms with van der Waals surface area (Å²) in [6.45, 7) is 7.44. The molecule has 0 spiro atoms. The first-order valence-electron chi connectivity index (χ1n) is 6.40. The van der Waals surface area contributed by atoms with Gasteiger partial charge in [-0.15, -0.1) is 0 Å². The van der Waals surface area contributed by atoms with Crippen LogP contribution in [0.5, 0.6) is 0 Å². The van der Waals surface area contributed by atoms with Crippen LogP contribution in [0.4, 0.5) is 0 Å². The first kappa shape index (κ1) is 13.4. The molecule has 4 heteroatoms. The molecule has 2 rings (SSSR count). The van der Waals surface area contributed by atoms with Crippen molar-refractivity contribution in [2.45, 2.75) is 40.3 Å². The molecule has 0 amide bonds. The van der Waals surface area contributed by atoms with Crippen LogP contribution in [0.1, 0.15) is 31.5 Å². The predicted octanol–water partition coefficient (Wildman–Crippen LogP) is 3.94. The molecule has 98 valence electrons. The number of ether oxygens (including phenoxy) is 1. The second kappa shape index (κ2) is 5.72. The number of aryl methyl sites for hydroxylation is 2. The van der Waals surface area contributed by atoms with Crippen LogP contribution in [-0.2, 0) is 17.9 Å². The van der Waals surface area contributed by atoms with Crippen LogP contribution in [0.2, 0.25) is 5.02 Å². The molecule has 0 saturated carbocycles. The average Bonchev–Trinajstić information content (AvgIpc) is 2.67. The fraction of sp³-hybridized carbons (Fsp3) is 0.500. The van der Waals surface area contributed by atoms with E-state index >= 15 is 0 Å². The molecule has 1 heterocycles. The van der Waals surface area contributed by atoms with Crippen LogP contribution in [0.25, 0.3) is 10.9 Å². The maximum Gasteiger partial charge on any atom is 0.140 e. The van der Waals surface area contributed by atoms with Gasteiger partial charge >= 0.3 is 0 Å². The third-order valence-electron chi connectivity index (χ3n) is 3.01. The monoisotopic (exact) mass is 266 g/mol. The van der Waals surface area contributed by atoms with E-state index in [4.69, 9.17) is 16.3 Å². The first-order chi connectivity index (χ1) is 8.67. The minimum absolute atomic E-state index is 0.488. The molecule has 0 N–H and O–H groups in total. The molecule has 0 aliphatic rings. The normalized spacial score (nSPS) is 11.3. The largest absolute Gasteiger partial charge is 0.359 e. The van der Waals surface area contributed by atoms with Gasteiger partial charge in [0.1, 0.15) is 6.73 Å². The second-order valence-corrected chi connectivity index (χ2v) is 4.85. The van der Waals surface area contributed by atoms with Crippen LogP contribution < -0.4 is 0 Å². The van der Waals surface area contributed by atoms with E-state index < -0.39 is 0 Å². The number of halogens is 1. The van der Waals surface area contributed by atoms with Gasteiger partial charge in [0, 0.05) is 12.0 Å². The maximum absolute atomic E-state index is 6.33. The zero-order valence-electron chi connectivity index (χ0n) is 11.2. The topological polar surface area (TPSA) is 27.1 Å². The summed E-state index contributed by atoms with van der Waals surface area (Å²) in [6, 6.07) is 4.17. The Balaban J connectivity index is 2.44. The highest BCUT2D eigenvalue weighted by atomic mass is 35.5. The zero-order valence-corrected chi connectivity index (χ0v) is 11.9. The number of hydrogen-bond donors (Lipinski definition) is 0. The van der Waals surface area contributed by atoms with Gasteiger partial charge in [0.2, 0.25) is 0 Å². The minimum atomic E-state index is 0.488. The molecule has 0 unspecified atom stereocenters. The molecular weight excluding hydrogens is 248 g/mol. The summed E-state index contributed by atoms with van der Waals surface area (Å²) in [5.74, 6) is 0. The van der Waals surface area contributed by atoms with Crippen LogP contribution >= 0.6 is 11.6 Å². The summed E-state index contributed by atoms with van der Waals surface area (Å²) in [4.78, 5) is 0. The van der Waals surface area contributed by atoms with Crippen molar-refractivity contribution in [2.75, 3.05) is 6.61 Å². The van der Waals surface area contributed by atoms with Crippen molar-refractivity contribution in [3.05, 3.63) is 28.4 Å². The van der Waals surface area contributed by atoms with Gasteiger partial charge in [-0.2, -0.15) is 5.10 Å². The lowest BCUT2D eigenvalue weighted by Crippen LogP contribution is -2.05. The van der Waals surface area contributed by atoms with Crippen LogP contribution in [0.3, 0.4) is 0 Å². The molecule has 2 aromatic rings. The van der Waals surface area contributed by atoms with E-state index in [1.54, 1.807) is 0 Å². The zero-order chi connectivity index (χ0) is 13.1. The van der Waals surface area contributed by atoms with Gasteiger partial charge in [-0.3, -0.25) is 0 Å². The number of benzene rings is 1. The SMILES string of the molecule is CCCOCn1nc(C)c2c(Cl)cc(CC)cc21. The molecule has 18 heavy (non-hydrogen) atoms. The van der Waals surface area contributed by atoms with E-state index in [1.165, 1.54) is 5.56 Å². The van der Waals surface area contributed by atoms with E-state index in [9.17, 15) is 0 Å². The van der Waals surface area contributed by atoms with Gasteiger partial charge in [-0.05, 0) is 37.5 Å². The van der Waals surface area contributed by atoms with Crippen LogP contribution in [0, 0.1) is 6.92 Å². The summed E-state index contributed by atoms with van der Waals surface area (Å²) < 4.78 is 7.46. The highest BCUT2D eigenvalue weighted by molar-refractivity contribution is 6.35. The predicted molar refractivity (Wildman–Crippen MR) is 75.1 cm³/mol. The van der Waals surface area contributed by atoms with Crippen molar-refractivity contribution in [3.8, 4) is 0 Å². The highest BCUT2D eigenvalue weighted by Gasteiger charge is 2.11. The van der Waals surface area contributed by atoms with E-state index in [0.717, 1.165) is 41.1 Å². The Hall–Kier alpha value is -1.06. The number of aromatic nitrogens is 2. The van der Waals surface area contributed by atoms with E-state index in [1.807, 2.05) is 17.7 Å². The third-order valence-corrected chi connectivity index (χ3v) is 3.31. The minimum Gasteiger partial charge on any atom is -0.359 e. The van der Waals surface area contributed by atoms with Crippen molar-refractivity contribution in [3.63, 3.8) is 0 Å². The number of fused-ring (bicyclic) bond motifs is 1. The van der Waals surface area contributed by atoms with Gasteiger partial charge in [-0.25, -0.2) is 4.68 Å². The molecule has 0 bridgehead atoms. The Morgan fingerprint density at radius 1 is 1.33 bits per heavy atom. The summed E-state index contributed by atoms with van der Waals surface area (Å²) >= 11 is 6.33. The molecule has 0 aliphatic heterocycles. The number of rotatable bonds is 5. The smallest absolute Gasteiger partial charge is 0.140 e. The molecule has 1 aromatic heterocycles. The van der Waals surface area contributed by atoms with Crippen molar-refractivity contribution in [1.29, 1.82) is 0 Å². The lowest BCUT2D eigenvalue weighted by molar-refractivity contribution is 0.0721. The van der Waals surface area contributed by atoms with Gasteiger partial charge in [0.05, 0.1) is 16.2 Å². The van der Waals surface area contributed by atoms with Crippen molar-refractivity contribution >= 4 is 22.5 Å². The lowest BCUT2D eigenvalue weighted by Gasteiger charge is -2.06. The van der Waals surface area contributed by atoms with Crippen LogP contribution in [0.15, 0.2) is 12.1 Å². The third kappa shape index (κ3) is 2.52. The van der Waals surface area contributed by atoms with Gasteiger partial charge in [0.15, 0.2) is 0 Å². The van der Waals surface area contributed by atoms with Crippen LogP contribution in [-0.4, -0.2) is 16.4 Å². The lowest BCUT2D eigenvalue weighted by atomic mass is 10.1. The van der Waals surface area contributed by atoms with Gasteiger partial charge < -0.3 is 4.74 Å². The molecule has 0 saturated heterocycles. The van der Waals surface area contributed by atoms with Crippen molar-refractivity contribution in [1.82, 2.24) is 9.78 Å². The average molecular weight is 267 g/mol. The maximum atomic E-state index is 6.33. The Labute approximate surface area is 113 Å². The van der Waals surface area contributed by atoms with Gasteiger partial charge in [-0.1, -0.05) is 25.4 Å².